The number of likely N-dealkylation sites (N-methyl/N-ethyl adjacent to an activating group) is 1. The Morgan fingerprint density at radius 3 is 2.29 bits per heavy atom. The molecule has 1 atom stereocenters. The van der Waals surface area contributed by atoms with E-state index in [1.807, 2.05) is 48.3 Å². The van der Waals surface area contributed by atoms with Crippen LogP contribution in [0.25, 0.3) is 5.76 Å². The maximum Gasteiger partial charge on any atom is 0.295 e. The van der Waals surface area contributed by atoms with Gasteiger partial charge in [0.25, 0.3) is 11.7 Å². The third kappa shape index (κ3) is 4.65. The molecule has 2 heterocycles. The number of hydrogen-bond donors (Lipinski definition) is 1. The molecule has 0 spiro atoms. The predicted octanol–water partition coefficient (Wildman–Crippen LogP) is 4.20. The molecule has 1 unspecified atom stereocenters. The average Bonchev–Trinajstić information content (AvgIpc) is 3.21. The Kier molecular flexibility index (Phi) is 6.96. The molecule has 1 amide bonds. The highest BCUT2D eigenvalue weighted by Gasteiger charge is 2.46. The number of aliphatic hydroxyl groups excluding tert-OH is 1. The van der Waals surface area contributed by atoms with Gasteiger partial charge in [-0.25, -0.2) is 0 Å². The van der Waals surface area contributed by atoms with Crippen molar-refractivity contribution in [2.45, 2.75) is 12.5 Å². The second-order valence-electron chi connectivity index (χ2n) is 9.32. The van der Waals surface area contributed by atoms with Gasteiger partial charge in [-0.15, -0.1) is 0 Å². The summed E-state index contributed by atoms with van der Waals surface area (Å²) in [6.45, 7) is 1.58. The Morgan fingerprint density at radius 1 is 0.974 bits per heavy atom. The number of rotatable bonds is 7. The Balaban J connectivity index is 1.55. The molecule has 8 heteroatoms. The van der Waals surface area contributed by atoms with E-state index in [9.17, 15) is 14.7 Å². The lowest BCUT2D eigenvalue weighted by Crippen LogP contribution is -2.31. The average molecular weight is 515 g/mol. The smallest absolute Gasteiger partial charge is 0.295 e. The molecule has 2 aliphatic rings. The fourth-order valence-corrected chi connectivity index (χ4v) is 4.94. The van der Waals surface area contributed by atoms with Crippen molar-refractivity contribution in [1.29, 1.82) is 0 Å². The Morgan fingerprint density at radius 2 is 1.63 bits per heavy atom. The molecule has 0 bridgehead atoms. The van der Waals surface area contributed by atoms with Gasteiger partial charge >= 0.3 is 0 Å². The highest BCUT2D eigenvalue weighted by atomic mass is 16.5. The Hall–Kier alpha value is -4.46. The molecule has 1 saturated heterocycles. The molecule has 0 saturated carbocycles. The first-order valence-electron chi connectivity index (χ1n) is 12.4. The monoisotopic (exact) mass is 514 g/mol. The second kappa shape index (κ2) is 10.5. The molecule has 3 aromatic carbocycles. The maximum atomic E-state index is 13.4. The van der Waals surface area contributed by atoms with Gasteiger partial charge in [0.05, 0.1) is 38.1 Å². The Bertz CT molecular complexity index is 1380. The molecule has 0 radical (unpaired) electrons. The summed E-state index contributed by atoms with van der Waals surface area (Å²) >= 11 is 0. The van der Waals surface area contributed by atoms with Crippen LogP contribution in [0.4, 0.5) is 5.69 Å². The molecular formula is C30H30N2O6. The molecular weight excluding hydrogens is 484 g/mol. The summed E-state index contributed by atoms with van der Waals surface area (Å²) in [5, 5.41) is 11.5. The number of ketones is 1. The highest BCUT2D eigenvalue weighted by molar-refractivity contribution is 6.46. The van der Waals surface area contributed by atoms with Crippen LogP contribution in [0.15, 0.2) is 72.3 Å². The number of hydrogen-bond acceptors (Lipinski definition) is 7. The molecule has 5 rings (SSSR count). The van der Waals surface area contributed by atoms with E-state index in [1.165, 1.54) is 4.90 Å². The van der Waals surface area contributed by atoms with Gasteiger partial charge in [0.1, 0.15) is 29.6 Å². The number of fused-ring (bicyclic) bond motifs is 1. The number of likely N-dealkylation sites (tertiary alicyclic amines) is 1. The molecule has 3 aromatic rings. The number of Topliss-reactive ketones (excluding diaryl/α,β-unsaturated/α-hetero) is 1. The quantitative estimate of drug-likeness (QED) is 0.287. The first-order valence-corrected chi connectivity index (χ1v) is 12.4. The van der Waals surface area contributed by atoms with E-state index in [0.29, 0.717) is 48.7 Å². The summed E-state index contributed by atoms with van der Waals surface area (Å²) in [7, 11) is 5.13. The number of anilines is 1. The molecule has 196 valence electrons. The fraction of sp³-hybridized carbons (Fsp3) is 0.267. The van der Waals surface area contributed by atoms with E-state index in [1.54, 1.807) is 44.6 Å². The summed E-state index contributed by atoms with van der Waals surface area (Å²) in [4.78, 5) is 30.3. The number of methoxy groups -OCH3 is 2. The van der Waals surface area contributed by atoms with E-state index in [-0.39, 0.29) is 11.3 Å². The summed E-state index contributed by atoms with van der Waals surface area (Å²) in [5.41, 5.74) is 3.04. The zero-order valence-electron chi connectivity index (χ0n) is 21.6. The van der Waals surface area contributed by atoms with Crippen LogP contribution in [-0.4, -0.2) is 62.7 Å². The number of ether oxygens (including phenoxy) is 3. The van der Waals surface area contributed by atoms with Crippen LogP contribution in [0.3, 0.4) is 0 Å². The zero-order chi connectivity index (χ0) is 26.8. The molecule has 8 nitrogen and oxygen atoms in total. The number of amides is 1. The van der Waals surface area contributed by atoms with Crippen molar-refractivity contribution in [3.05, 3.63) is 89.0 Å². The largest absolute Gasteiger partial charge is 0.507 e. The van der Waals surface area contributed by atoms with Crippen LogP contribution in [0.1, 0.15) is 22.7 Å². The fourth-order valence-electron chi connectivity index (χ4n) is 4.94. The molecule has 38 heavy (non-hydrogen) atoms. The van der Waals surface area contributed by atoms with Crippen LogP contribution >= 0.6 is 0 Å². The van der Waals surface area contributed by atoms with Gasteiger partial charge in [0.2, 0.25) is 0 Å². The van der Waals surface area contributed by atoms with E-state index in [2.05, 4.69) is 0 Å². The number of aliphatic hydroxyl groups is 1. The van der Waals surface area contributed by atoms with E-state index in [0.717, 1.165) is 17.0 Å². The van der Waals surface area contributed by atoms with Gasteiger partial charge in [-0.3, -0.25) is 9.59 Å². The lowest BCUT2D eigenvalue weighted by molar-refractivity contribution is -0.139. The molecule has 0 aromatic heterocycles. The Labute approximate surface area is 221 Å². The SMILES string of the molecule is COc1ccc(CCN2C(=O)C(=O)/C(=C(\O)c3ccc4c(c3)N(C)CCO4)C2c2ccc(OC)cc2)cc1. The lowest BCUT2D eigenvalue weighted by atomic mass is 9.94. The minimum Gasteiger partial charge on any atom is -0.507 e. The molecule has 1 N–H and O–H groups in total. The summed E-state index contributed by atoms with van der Waals surface area (Å²) in [6.07, 6.45) is 0.532. The standard InChI is InChI=1S/C30H30N2O6/c1-31-16-17-38-25-13-8-21(18-24(25)31)28(33)26-27(20-6-11-23(37-3)12-7-20)32(30(35)29(26)34)15-14-19-4-9-22(36-2)10-5-19/h4-13,18,27,33H,14-17H2,1-3H3/b28-26-. The second-order valence-corrected chi connectivity index (χ2v) is 9.32. The first-order chi connectivity index (χ1) is 18.4. The zero-order valence-corrected chi connectivity index (χ0v) is 21.6. The van der Waals surface area contributed by atoms with Crippen molar-refractivity contribution in [3.8, 4) is 17.2 Å². The normalized spacial score (nSPS) is 18.2. The van der Waals surface area contributed by atoms with E-state index >= 15 is 0 Å². The summed E-state index contributed by atoms with van der Waals surface area (Å²) in [6, 6.07) is 19.3. The number of benzene rings is 3. The third-order valence-electron chi connectivity index (χ3n) is 7.10. The predicted molar refractivity (Wildman–Crippen MR) is 144 cm³/mol. The molecule has 2 aliphatic heterocycles. The van der Waals surface area contributed by atoms with Gasteiger partial charge in [0.15, 0.2) is 0 Å². The highest BCUT2D eigenvalue weighted by Crippen LogP contribution is 2.41. The van der Waals surface area contributed by atoms with Crippen molar-refractivity contribution in [2.24, 2.45) is 0 Å². The topological polar surface area (TPSA) is 88.5 Å². The number of nitrogens with zero attached hydrogens (tertiary/aromatic N) is 2. The van der Waals surface area contributed by atoms with Crippen LogP contribution in [-0.2, 0) is 16.0 Å². The number of carbonyl (C=O) groups excluding carboxylic acids is 2. The van der Waals surface area contributed by atoms with Crippen molar-refractivity contribution >= 4 is 23.1 Å². The van der Waals surface area contributed by atoms with Crippen LogP contribution in [0.5, 0.6) is 17.2 Å². The first kappa shape index (κ1) is 25.2. The van der Waals surface area contributed by atoms with Crippen molar-refractivity contribution in [1.82, 2.24) is 4.90 Å². The van der Waals surface area contributed by atoms with Crippen molar-refractivity contribution in [2.75, 3.05) is 45.9 Å². The minimum atomic E-state index is -0.746. The maximum absolute atomic E-state index is 13.4. The van der Waals surface area contributed by atoms with Crippen LogP contribution in [0, 0.1) is 0 Å². The number of carbonyl (C=O) groups is 2. The summed E-state index contributed by atoms with van der Waals surface area (Å²) < 4.78 is 16.2. The van der Waals surface area contributed by atoms with Gasteiger partial charge in [-0.05, 0) is 60.0 Å². The molecule has 1 fully saturated rings. The molecule has 0 aliphatic carbocycles. The minimum absolute atomic E-state index is 0.0641. The van der Waals surface area contributed by atoms with Crippen LogP contribution < -0.4 is 19.1 Å². The van der Waals surface area contributed by atoms with Crippen molar-refractivity contribution < 1.29 is 28.9 Å². The van der Waals surface area contributed by atoms with Crippen molar-refractivity contribution in [3.63, 3.8) is 0 Å². The summed E-state index contributed by atoms with van der Waals surface area (Å²) in [5.74, 6) is 0.551. The van der Waals surface area contributed by atoms with E-state index in [4.69, 9.17) is 14.2 Å². The van der Waals surface area contributed by atoms with Gasteiger partial charge in [0, 0.05) is 19.2 Å². The van der Waals surface area contributed by atoms with Gasteiger partial charge in [-0.1, -0.05) is 24.3 Å². The third-order valence-corrected chi connectivity index (χ3v) is 7.10. The van der Waals surface area contributed by atoms with Gasteiger partial charge < -0.3 is 29.1 Å². The van der Waals surface area contributed by atoms with Gasteiger partial charge in [-0.2, -0.15) is 0 Å². The lowest BCUT2D eigenvalue weighted by Gasteiger charge is -2.28. The van der Waals surface area contributed by atoms with Crippen LogP contribution in [0.2, 0.25) is 0 Å². The van der Waals surface area contributed by atoms with E-state index < -0.39 is 17.7 Å².